The number of carbonyl (C=O) groups is 1. The van der Waals surface area contributed by atoms with Gasteiger partial charge in [-0.25, -0.2) is 0 Å². The van der Waals surface area contributed by atoms with Crippen LogP contribution in [0.4, 0.5) is 5.69 Å². The van der Waals surface area contributed by atoms with Crippen LogP contribution < -0.4 is 19.5 Å². The van der Waals surface area contributed by atoms with Crippen molar-refractivity contribution in [3.05, 3.63) is 54.1 Å². The van der Waals surface area contributed by atoms with Crippen LogP contribution in [0.15, 0.2) is 48.5 Å². The Kier molecular flexibility index (Phi) is 5.01. The van der Waals surface area contributed by atoms with Gasteiger partial charge in [0.1, 0.15) is 19.0 Å². The van der Waals surface area contributed by atoms with Gasteiger partial charge in [-0.05, 0) is 42.8 Å². The molecule has 0 spiro atoms. The molecule has 1 amide bonds. The summed E-state index contributed by atoms with van der Waals surface area (Å²) in [6.45, 7) is 3.54. The number of nitrogens with one attached hydrogen (secondary N) is 1. The molecule has 0 radical (unpaired) electrons. The summed E-state index contributed by atoms with van der Waals surface area (Å²) in [6.07, 6.45) is 3.21. The van der Waals surface area contributed by atoms with Crippen LogP contribution in [0.5, 0.6) is 17.2 Å². The Morgan fingerprint density at radius 2 is 1.96 bits per heavy atom. The van der Waals surface area contributed by atoms with E-state index in [-0.39, 0.29) is 5.91 Å². The summed E-state index contributed by atoms with van der Waals surface area (Å²) < 4.78 is 16.5. The highest BCUT2D eigenvalue weighted by atomic mass is 16.6. The third kappa shape index (κ3) is 3.87. The predicted octanol–water partition coefficient (Wildman–Crippen LogP) is 3.51. The van der Waals surface area contributed by atoms with Crippen molar-refractivity contribution in [3.63, 3.8) is 0 Å². The molecule has 0 unspecified atom stereocenters. The summed E-state index contributed by atoms with van der Waals surface area (Å²) in [5.41, 5.74) is 1.52. The Bertz CT molecular complexity index is 755. The maximum atomic E-state index is 12.1. The normalized spacial score (nSPS) is 12.9. The number of rotatable bonds is 5. The lowest BCUT2D eigenvalue weighted by molar-refractivity contribution is -0.111. The topological polar surface area (TPSA) is 56.8 Å². The van der Waals surface area contributed by atoms with Crippen LogP contribution in [0.1, 0.15) is 12.5 Å². The number of carbonyl (C=O) groups excluding carboxylic acids is 1. The average molecular weight is 325 g/mol. The molecule has 1 aliphatic rings. The second kappa shape index (κ2) is 7.55. The van der Waals surface area contributed by atoms with Gasteiger partial charge >= 0.3 is 0 Å². The first-order valence-corrected chi connectivity index (χ1v) is 7.87. The van der Waals surface area contributed by atoms with Crippen LogP contribution >= 0.6 is 0 Å². The smallest absolute Gasteiger partial charge is 0.248 e. The van der Waals surface area contributed by atoms with Gasteiger partial charge in [-0.15, -0.1) is 0 Å². The average Bonchev–Trinajstić information content (AvgIpc) is 2.62. The molecular formula is C19H19NO4. The molecule has 0 bridgehead atoms. The summed E-state index contributed by atoms with van der Waals surface area (Å²) in [4.78, 5) is 12.1. The van der Waals surface area contributed by atoms with E-state index in [2.05, 4.69) is 5.32 Å². The molecule has 2 aromatic carbocycles. The predicted molar refractivity (Wildman–Crippen MR) is 92.7 cm³/mol. The van der Waals surface area contributed by atoms with E-state index >= 15 is 0 Å². The molecule has 2 aromatic rings. The molecule has 24 heavy (non-hydrogen) atoms. The molecule has 0 saturated carbocycles. The largest absolute Gasteiger partial charge is 0.492 e. The lowest BCUT2D eigenvalue weighted by atomic mass is 10.2. The lowest BCUT2D eigenvalue weighted by Crippen LogP contribution is -2.15. The van der Waals surface area contributed by atoms with Crippen molar-refractivity contribution >= 4 is 17.7 Å². The molecule has 1 N–H and O–H groups in total. The fourth-order valence-electron chi connectivity index (χ4n) is 2.36. The Balaban J connectivity index is 1.67. The molecule has 5 nitrogen and oxygen atoms in total. The van der Waals surface area contributed by atoms with Crippen LogP contribution in [-0.4, -0.2) is 25.7 Å². The number of amides is 1. The van der Waals surface area contributed by atoms with Gasteiger partial charge < -0.3 is 19.5 Å². The minimum atomic E-state index is -0.225. The first-order valence-electron chi connectivity index (χ1n) is 7.87. The van der Waals surface area contributed by atoms with Crippen molar-refractivity contribution in [2.24, 2.45) is 0 Å². The quantitative estimate of drug-likeness (QED) is 0.855. The minimum Gasteiger partial charge on any atom is -0.492 e. The third-order valence-electron chi connectivity index (χ3n) is 3.44. The third-order valence-corrected chi connectivity index (χ3v) is 3.44. The Hall–Kier alpha value is -2.95. The van der Waals surface area contributed by atoms with Crippen molar-refractivity contribution < 1.29 is 19.0 Å². The van der Waals surface area contributed by atoms with E-state index in [0.717, 1.165) is 11.3 Å². The fourth-order valence-corrected chi connectivity index (χ4v) is 2.36. The zero-order chi connectivity index (χ0) is 16.8. The molecule has 0 saturated heterocycles. The molecule has 124 valence electrons. The standard InChI is InChI=1S/C19H19NO4/c1-2-22-16-6-4-3-5-15(16)20-19(21)10-8-14-7-9-17-18(13-14)24-12-11-23-17/h3-10,13H,2,11-12H2,1H3,(H,20,21). The first kappa shape index (κ1) is 15.9. The van der Waals surface area contributed by atoms with Gasteiger partial charge in [-0.2, -0.15) is 0 Å². The van der Waals surface area contributed by atoms with E-state index < -0.39 is 0 Å². The van der Waals surface area contributed by atoms with Gasteiger partial charge in [0.15, 0.2) is 11.5 Å². The number of hydrogen-bond acceptors (Lipinski definition) is 4. The SMILES string of the molecule is CCOc1ccccc1NC(=O)C=Cc1ccc2c(c1)OCCO2. The number of fused-ring (bicyclic) bond motifs is 1. The maximum absolute atomic E-state index is 12.1. The Morgan fingerprint density at radius 3 is 2.79 bits per heavy atom. The van der Waals surface area contributed by atoms with E-state index in [1.807, 2.05) is 43.3 Å². The molecule has 5 heteroatoms. The van der Waals surface area contributed by atoms with Crippen LogP contribution in [0.2, 0.25) is 0 Å². The highest BCUT2D eigenvalue weighted by molar-refractivity contribution is 6.02. The van der Waals surface area contributed by atoms with Gasteiger partial charge in [0, 0.05) is 6.08 Å². The summed E-state index contributed by atoms with van der Waals surface area (Å²) in [6, 6.07) is 12.9. The maximum Gasteiger partial charge on any atom is 0.248 e. The second-order valence-corrected chi connectivity index (χ2v) is 5.15. The van der Waals surface area contributed by atoms with E-state index in [4.69, 9.17) is 14.2 Å². The lowest BCUT2D eigenvalue weighted by Gasteiger charge is -2.18. The molecule has 0 aromatic heterocycles. The number of hydrogen-bond donors (Lipinski definition) is 1. The van der Waals surface area contributed by atoms with E-state index in [9.17, 15) is 4.79 Å². The molecule has 0 fully saturated rings. The van der Waals surface area contributed by atoms with Crippen LogP contribution in [-0.2, 0) is 4.79 Å². The number of ether oxygens (including phenoxy) is 3. The number of para-hydroxylation sites is 2. The summed E-state index contributed by atoms with van der Waals surface area (Å²) in [5.74, 6) is 1.86. The zero-order valence-corrected chi connectivity index (χ0v) is 13.5. The van der Waals surface area contributed by atoms with E-state index in [0.29, 0.717) is 37.0 Å². The molecule has 1 aliphatic heterocycles. The van der Waals surface area contributed by atoms with E-state index in [1.165, 1.54) is 6.08 Å². The minimum absolute atomic E-state index is 0.225. The molecule has 3 rings (SSSR count). The van der Waals surface area contributed by atoms with Crippen molar-refractivity contribution in [3.8, 4) is 17.2 Å². The highest BCUT2D eigenvalue weighted by Gasteiger charge is 2.11. The van der Waals surface area contributed by atoms with Crippen molar-refractivity contribution in [1.29, 1.82) is 0 Å². The van der Waals surface area contributed by atoms with Crippen molar-refractivity contribution in [1.82, 2.24) is 0 Å². The zero-order valence-electron chi connectivity index (χ0n) is 13.5. The van der Waals surface area contributed by atoms with Crippen molar-refractivity contribution in [2.45, 2.75) is 6.92 Å². The van der Waals surface area contributed by atoms with E-state index in [1.54, 1.807) is 12.1 Å². The highest BCUT2D eigenvalue weighted by Crippen LogP contribution is 2.31. The van der Waals surface area contributed by atoms with Gasteiger partial charge in [0.25, 0.3) is 0 Å². The van der Waals surface area contributed by atoms with Gasteiger partial charge in [-0.1, -0.05) is 18.2 Å². The number of benzene rings is 2. The van der Waals surface area contributed by atoms with Gasteiger partial charge in [0.2, 0.25) is 5.91 Å². The number of anilines is 1. The fraction of sp³-hybridized carbons (Fsp3) is 0.211. The van der Waals surface area contributed by atoms with Crippen molar-refractivity contribution in [2.75, 3.05) is 25.1 Å². The molecular weight excluding hydrogens is 306 g/mol. The van der Waals surface area contributed by atoms with Crippen LogP contribution in [0.3, 0.4) is 0 Å². The Labute approximate surface area is 140 Å². The molecule has 0 aliphatic carbocycles. The van der Waals surface area contributed by atoms with Crippen LogP contribution in [0.25, 0.3) is 6.08 Å². The Morgan fingerprint density at radius 1 is 1.17 bits per heavy atom. The molecule has 0 atom stereocenters. The monoisotopic (exact) mass is 325 g/mol. The van der Waals surface area contributed by atoms with Gasteiger partial charge in [0.05, 0.1) is 12.3 Å². The van der Waals surface area contributed by atoms with Gasteiger partial charge in [-0.3, -0.25) is 4.79 Å². The summed E-state index contributed by atoms with van der Waals surface area (Å²) >= 11 is 0. The first-order chi connectivity index (χ1) is 11.8. The second-order valence-electron chi connectivity index (χ2n) is 5.15. The van der Waals surface area contributed by atoms with Crippen LogP contribution in [0, 0.1) is 0 Å². The summed E-state index contributed by atoms with van der Waals surface area (Å²) in [5, 5.41) is 2.82. The summed E-state index contributed by atoms with van der Waals surface area (Å²) in [7, 11) is 0. The molecule has 1 heterocycles.